The van der Waals surface area contributed by atoms with Crippen molar-refractivity contribution in [3.63, 3.8) is 0 Å². The van der Waals surface area contributed by atoms with Crippen LogP contribution in [0.5, 0.6) is 0 Å². The smallest absolute Gasteiger partial charge is 0.266 e. The molecule has 1 aromatic heterocycles. The molecule has 0 aliphatic carbocycles. The minimum atomic E-state index is -0.560. The first-order valence-electron chi connectivity index (χ1n) is 8.91. The normalized spacial score (nSPS) is 10.8. The molecule has 2 aromatic carbocycles. The van der Waals surface area contributed by atoms with Crippen LogP contribution in [0, 0.1) is 22.7 Å². The summed E-state index contributed by atoms with van der Waals surface area (Å²) in [5.74, 6) is -0.560. The lowest BCUT2D eigenvalue weighted by Gasteiger charge is -2.11. The van der Waals surface area contributed by atoms with E-state index in [0.29, 0.717) is 21.2 Å². The van der Waals surface area contributed by atoms with E-state index in [9.17, 15) is 15.3 Å². The standard InChI is InChI=1S/C23H17ClN4OS/c1-28(2)19-9-3-15(4-10-19)11-17(12-25)22(29)27-23-20(13-26)21(14-30-23)16-5-7-18(24)8-6-16/h3-11,14H,1-2H3,(H,27,29)/b17-11+. The first kappa shape index (κ1) is 21.1. The zero-order valence-corrected chi connectivity index (χ0v) is 17.9. The lowest BCUT2D eigenvalue weighted by molar-refractivity contribution is -0.112. The molecule has 7 heteroatoms. The van der Waals surface area contributed by atoms with Crippen molar-refractivity contribution in [2.75, 3.05) is 24.3 Å². The molecule has 0 atom stereocenters. The topological polar surface area (TPSA) is 79.9 Å². The number of anilines is 2. The van der Waals surface area contributed by atoms with Crippen LogP contribution in [0.3, 0.4) is 0 Å². The Labute approximate surface area is 184 Å². The van der Waals surface area contributed by atoms with Crippen LogP contribution in [0.4, 0.5) is 10.7 Å². The van der Waals surface area contributed by atoms with Crippen molar-refractivity contribution in [1.82, 2.24) is 0 Å². The number of rotatable bonds is 5. The molecule has 0 radical (unpaired) electrons. The van der Waals surface area contributed by atoms with Gasteiger partial charge in [0.05, 0.1) is 5.56 Å². The molecule has 0 aliphatic rings. The fourth-order valence-electron chi connectivity index (χ4n) is 2.76. The molecule has 1 N–H and O–H groups in total. The Morgan fingerprint density at radius 1 is 1.10 bits per heavy atom. The number of nitrogens with one attached hydrogen (secondary N) is 1. The summed E-state index contributed by atoms with van der Waals surface area (Å²) >= 11 is 7.17. The summed E-state index contributed by atoms with van der Waals surface area (Å²) in [6, 6.07) is 18.7. The van der Waals surface area contributed by atoms with Gasteiger partial charge in [-0.15, -0.1) is 11.3 Å². The highest BCUT2D eigenvalue weighted by Gasteiger charge is 2.17. The molecular formula is C23H17ClN4OS. The molecule has 0 saturated heterocycles. The van der Waals surface area contributed by atoms with E-state index in [1.54, 1.807) is 17.5 Å². The number of benzene rings is 2. The lowest BCUT2D eigenvalue weighted by atomic mass is 10.0. The highest BCUT2D eigenvalue weighted by Crippen LogP contribution is 2.35. The van der Waals surface area contributed by atoms with Crippen molar-refractivity contribution in [3.05, 3.63) is 75.6 Å². The van der Waals surface area contributed by atoms with Crippen LogP contribution in [0.1, 0.15) is 11.1 Å². The second kappa shape index (κ2) is 9.28. The Kier molecular flexibility index (Phi) is 6.54. The minimum Gasteiger partial charge on any atom is -0.378 e. The maximum Gasteiger partial charge on any atom is 0.266 e. The molecule has 0 spiro atoms. The van der Waals surface area contributed by atoms with Gasteiger partial charge in [-0.3, -0.25) is 4.79 Å². The highest BCUT2D eigenvalue weighted by atomic mass is 35.5. The molecule has 1 amide bonds. The van der Waals surface area contributed by atoms with Gasteiger partial charge in [0, 0.05) is 35.7 Å². The number of hydrogen-bond acceptors (Lipinski definition) is 5. The van der Waals surface area contributed by atoms with Crippen molar-refractivity contribution in [2.45, 2.75) is 0 Å². The maximum atomic E-state index is 12.7. The fraction of sp³-hybridized carbons (Fsp3) is 0.0870. The van der Waals surface area contributed by atoms with Crippen LogP contribution >= 0.6 is 22.9 Å². The SMILES string of the molecule is CN(C)c1ccc(/C=C(\C#N)C(=O)Nc2scc(-c3ccc(Cl)cc3)c2C#N)cc1. The van der Waals surface area contributed by atoms with E-state index in [2.05, 4.69) is 11.4 Å². The summed E-state index contributed by atoms with van der Waals surface area (Å²) in [6.07, 6.45) is 1.52. The fourth-order valence-corrected chi connectivity index (χ4v) is 3.80. The number of nitriles is 2. The maximum absolute atomic E-state index is 12.7. The second-order valence-electron chi connectivity index (χ2n) is 6.58. The van der Waals surface area contributed by atoms with E-state index in [1.807, 2.05) is 61.5 Å². The van der Waals surface area contributed by atoms with Gasteiger partial charge in [0.2, 0.25) is 0 Å². The third-order valence-electron chi connectivity index (χ3n) is 4.37. The summed E-state index contributed by atoms with van der Waals surface area (Å²) in [6.45, 7) is 0. The Morgan fingerprint density at radius 3 is 2.33 bits per heavy atom. The zero-order chi connectivity index (χ0) is 21.7. The van der Waals surface area contributed by atoms with E-state index in [0.717, 1.165) is 16.8 Å². The van der Waals surface area contributed by atoms with E-state index < -0.39 is 5.91 Å². The number of halogens is 1. The summed E-state index contributed by atoms with van der Waals surface area (Å²) in [7, 11) is 3.87. The molecule has 0 bridgehead atoms. The molecule has 0 aliphatic heterocycles. The van der Waals surface area contributed by atoms with Crippen molar-refractivity contribution < 1.29 is 4.79 Å². The van der Waals surface area contributed by atoms with Gasteiger partial charge in [-0.05, 0) is 41.5 Å². The Hall–Kier alpha value is -3.58. The predicted octanol–water partition coefficient (Wildman–Crippen LogP) is 5.55. The largest absolute Gasteiger partial charge is 0.378 e. The number of hydrogen-bond donors (Lipinski definition) is 1. The number of amides is 1. The van der Waals surface area contributed by atoms with Crippen LogP contribution in [0.2, 0.25) is 5.02 Å². The van der Waals surface area contributed by atoms with Crippen molar-refractivity contribution in [2.24, 2.45) is 0 Å². The molecule has 3 rings (SSSR count). The minimum absolute atomic E-state index is 0.0436. The monoisotopic (exact) mass is 432 g/mol. The van der Waals surface area contributed by atoms with E-state index in [-0.39, 0.29) is 5.57 Å². The Balaban J connectivity index is 1.85. The van der Waals surface area contributed by atoms with Gasteiger partial charge >= 0.3 is 0 Å². The van der Waals surface area contributed by atoms with Crippen LogP contribution in [-0.4, -0.2) is 20.0 Å². The number of carbonyl (C=O) groups is 1. The number of nitrogens with zero attached hydrogens (tertiary/aromatic N) is 3. The molecule has 148 valence electrons. The van der Waals surface area contributed by atoms with Crippen LogP contribution < -0.4 is 10.2 Å². The summed E-state index contributed by atoms with van der Waals surface area (Å²) in [5.41, 5.74) is 3.59. The Morgan fingerprint density at radius 2 is 1.77 bits per heavy atom. The Bertz CT molecular complexity index is 1180. The lowest BCUT2D eigenvalue weighted by Crippen LogP contribution is -2.13. The summed E-state index contributed by atoms with van der Waals surface area (Å²) in [5, 5.41) is 24.6. The van der Waals surface area contributed by atoms with Crippen molar-refractivity contribution in [3.8, 4) is 23.3 Å². The second-order valence-corrected chi connectivity index (χ2v) is 7.90. The van der Waals surface area contributed by atoms with Gasteiger partial charge in [0.15, 0.2) is 0 Å². The quantitative estimate of drug-likeness (QED) is 0.423. The van der Waals surface area contributed by atoms with E-state index in [1.165, 1.54) is 17.4 Å². The molecule has 0 fully saturated rings. The van der Waals surface area contributed by atoms with Crippen LogP contribution in [0.15, 0.2) is 59.5 Å². The first-order valence-corrected chi connectivity index (χ1v) is 10.2. The molecule has 5 nitrogen and oxygen atoms in total. The molecule has 30 heavy (non-hydrogen) atoms. The first-order chi connectivity index (χ1) is 14.4. The van der Waals surface area contributed by atoms with Gasteiger partial charge in [-0.2, -0.15) is 10.5 Å². The van der Waals surface area contributed by atoms with Gasteiger partial charge in [-0.25, -0.2) is 0 Å². The zero-order valence-electron chi connectivity index (χ0n) is 16.3. The van der Waals surface area contributed by atoms with Gasteiger partial charge in [-0.1, -0.05) is 35.9 Å². The van der Waals surface area contributed by atoms with Gasteiger partial charge in [0.25, 0.3) is 5.91 Å². The number of thiophene rings is 1. The molecular weight excluding hydrogens is 416 g/mol. The highest BCUT2D eigenvalue weighted by molar-refractivity contribution is 7.15. The molecule has 0 saturated carbocycles. The van der Waals surface area contributed by atoms with E-state index in [4.69, 9.17) is 11.6 Å². The average Bonchev–Trinajstić information content (AvgIpc) is 3.15. The van der Waals surface area contributed by atoms with Crippen LogP contribution in [-0.2, 0) is 4.79 Å². The molecule has 0 unspecified atom stereocenters. The van der Waals surface area contributed by atoms with Gasteiger partial charge in [0.1, 0.15) is 22.7 Å². The predicted molar refractivity (Wildman–Crippen MR) is 122 cm³/mol. The molecule has 3 aromatic rings. The summed E-state index contributed by atoms with van der Waals surface area (Å²) < 4.78 is 0. The molecule has 1 heterocycles. The third kappa shape index (κ3) is 4.69. The van der Waals surface area contributed by atoms with Crippen LogP contribution in [0.25, 0.3) is 17.2 Å². The van der Waals surface area contributed by atoms with Gasteiger partial charge < -0.3 is 10.2 Å². The van der Waals surface area contributed by atoms with Crippen molar-refractivity contribution in [1.29, 1.82) is 10.5 Å². The summed E-state index contributed by atoms with van der Waals surface area (Å²) in [4.78, 5) is 14.6. The average molecular weight is 433 g/mol. The third-order valence-corrected chi connectivity index (χ3v) is 5.52. The van der Waals surface area contributed by atoms with E-state index >= 15 is 0 Å². The van der Waals surface area contributed by atoms with Crippen molar-refractivity contribution >= 4 is 45.6 Å². The number of carbonyl (C=O) groups excluding carboxylic acids is 1.